The molecule has 0 heterocycles. The molecule has 0 aliphatic rings. The minimum Gasteiger partial charge on any atom is -0.504 e. The Labute approximate surface area is 148 Å². The number of nitrogens with one attached hydrogen (secondary N) is 1. The van der Waals surface area contributed by atoms with E-state index in [0.29, 0.717) is 5.57 Å². The van der Waals surface area contributed by atoms with Crippen LogP contribution in [0.1, 0.15) is 37.5 Å². The predicted octanol–water partition coefficient (Wildman–Crippen LogP) is 4.31. The summed E-state index contributed by atoms with van der Waals surface area (Å²) in [6, 6.07) is 8.96. The van der Waals surface area contributed by atoms with Gasteiger partial charge < -0.3 is 15.5 Å². The molecule has 0 atom stereocenters. The van der Waals surface area contributed by atoms with Gasteiger partial charge in [0, 0.05) is 11.6 Å². The van der Waals surface area contributed by atoms with Crippen LogP contribution < -0.4 is 5.32 Å². The summed E-state index contributed by atoms with van der Waals surface area (Å²) in [6.07, 6.45) is 1.89. The molecule has 2 rings (SSSR count). The van der Waals surface area contributed by atoms with Crippen molar-refractivity contribution < 1.29 is 15.0 Å². The van der Waals surface area contributed by atoms with Crippen LogP contribution in [0.4, 0.5) is 0 Å². The lowest BCUT2D eigenvalue weighted by molar-refractivity contribution is -0.117. The van der Waals surface area contributed by atoms with Gasteiger partial charge in [-0.15, -0.1) is 0 Å². The van der Waals surface area contributed by atoms with E-state index in [0.717, 1.165) is 27.8 Å². The van der Waals surface area contributed by atoms with Gasteiger partial charge in [0.25, 0.3) is 0 Å². The lowest BCUT2D eigenvalue weighted by Crippen LogP contribution is -2.30. The van der Waals surface area contributed by atoms with Crippen molar-refractivity contribution in [3.63, 3.8) is 0 Å². The van der Waals surface area contributed by atoms with Crippen LogP contribution in [0.15, 0.2) is 35.9 Å². The molecule has 0 bridgehead atoms. The number of carbonyl (C=O) groups is 1. The van der Waals surface area contributed by atoms with Gasteiger partial charge in [-0.3, -0.25) is 4.79 Å². The van der Waals surface area contributed by atoms with Crippen molar-refractivity contribution in [3.8, 4) is 22.6 Å². The Kier molecular flexibility index (Phi) is 5.52. The zero-order valence-corrected chi connectivity index (χ0v) is 15.3. The average Bonchev–Trinajstić information content (AvgIpc) is 2.52. The first-order valence-electron chi connectivity index (χ1n) is 8.31. The van der Waals surface area contributed by atoms with Crippen molar-refractivity contribution >= 4 is 12.0 Å². The lowest BCUT2D eigenvalue weighted by atomic mass is 9.94. The van der Waals surface area contributed by atoms with E-state index >= 15 is 0 Å². The highest BCUT2D eigenvalue weighted by atomic mass is 16.3. The SMILES string of the molecule is C/C(=C\c1cc(C)c(-c2ccc(O)c(O)c2)cc1C)C(=O)NC(C)C. The Hall–Kier alpha value is -2.75. The summed E-state index contributed by atoms with van der Waals surface area (Å²) in [4.78, 5) is 12.1. The molecule has 4 heteroatoms. The largest absolute Gasteiger partial charge is 0.504 e. The molecule has 25 heavy (non-hydrogen) atoms. The molecule has 4 nitrogen and oxygen atoms in total. The lowest BCUT2D eigenvalue weighted by Gasteiger charge is -2.13. The number of benzene rings is 2. The Morgan fingerprint density at radius 2 is 1.72 bits per heavy atom. The quantitative estimate of drug-likeness (QED) is 0.574. The number of carbonyl (C=O) groups excluding carboxylic acids is 1. The van der Waals surface area contributed by atoms with E-state index in [4.69, 9.17) is 0 Å². The van der Waals surface area contributed by atoms with E-state index < -0.39 is 0 Å². The molecule has 1 amide bonds. The predicted molar refractivity (Wildman–Crippen MR) is 102 cm³/mol. The van der Waals surface area contributed by atoms with E-state index in [9.17, 15) is 15.0 Å². The van der Waals surface area contributed by atoms with Crippen LogP contribution in [-0.2, 0) is 4.79 Å². The third kappa shape index (κ3) is 4.41. The van der Waals surface area contributed by atoms with Crippen LogP contribution >= 0.6 is 0 Å². The summed E-state index contributed by atoms with van der Waals surface area (Å²) in [6.45, 7) is 9.64. The highest BCUT2D eigenvalue weighted by Crippen LogP contribution is 2.33. The minimum absolute atomic E-state index is 0.0698. The van der Waals surface area contributed by atoms with Gasteiger partial charge in [0.15, 0.2) is 11.5 Å². The molecular weight excluding hydrogens is 314 g/mol. The summed E-state index contributed by atoms with van der Waals surface area (Å²) in [5, 5.41) is 22.1. The molecule has 0 aromatic heterocycles. The third-order valence-corrected chi connectivity index (χ3v) is 4.05. The van der Waals surface area contributed by atoms with Gasteiger partial charge in [0.2, 0.25) is 5.91 Å². The van der Waals surface area contributed by atoms with E-state index in [2.05, 4.69) is 5.32 Å². The Balaban J connectivity index is 2.40. The molecule has 2 aromatic rings. The molecule has 132 valence electrons. The van der Waals surface area contributed by atoms with Crippen LogP contribution in [-0.4, -0.2) is 22.2 Å². The van der Waals surface area contributed by atoms with Gasteiger partial charge in [0.05, 0.1) is 0 Å². The zero-order chi connectivity index (χ0) is 18.7. The molecule has 0 saturated heterocycles. The summed E-state index contributed by atoms with van der Waals surface area (Å²) < 4.78 is 0. The molecular formula is C21H25NO3. The third-order valence-electron chi connectivity index (χ3n) is 4.05. The number of amides is 1. The molecule has 0 unspecified atom stereocenters. The first kappa shape index (κ1) is 18.6. The normalized spacial score (nSPS) is 11.7. The minimum atomic E-state index is -0.139. The summed E-state index contributed by atoms with van der Waals surface area (Å²) in [5.74, 6) is -0.344. The molecule has 0 radical (unpaired) electrons. The average molecular weight is 339 g/mol. The highest BCUT2D eigenvalue weighted by molar-refractivity contribution is 5.97. The second-order valence-corrected chi connectivity index (χ2v) is 6.68. The van der Waals surface area contributed by atoms with Crippen LogP contribution in [0.25, 0.3) is 17.2 Å². The Bertz CT molecular complexity index is 835. The van der Waals surface area contributed by atoms with E-state index in [1.165, 1.54) is 6.07 Å². The number of hydrogen-bond acceptors (Lipinski definition) is 3. The zero-order valence-electron chi connectivity index (χ0n) is 15.3. The number of rotatable bonds is 4. The molecule has 0 aliphatic heterocycles. The van der Waals surface area contributed by atoms with Crippen molar-refractivity contribution in [1.29, 1.82) is 0 Å². The fourth-order valence-electron chi connectivity index (χ4n) is 2.67. The molecule has 3 N–H and O–H groups in total. The van der Waals surface area contributed by atoms with E-state index in [1.807, 2.05) is 45.9 Å². The second kappa shape index (κ2) is 7.43. The van der Waals surface area contributed by atoms with Crippen molar-refractivity contribution in [2.24, 2.45) is 0 Å². The standard InChI is InChI=1S/C21H25NO3/c1-12(2)22-21(25)15(5)9-17-8-14(4)18(10-13(17)3)16-6-7-19(23)20(24)11-16/h6-12,23-24H,1-5H3,(H,22,25)/b15-9+. The Morgan fingerprint density at radius 3 is 2.32 bits per heavy atom. The first-order valence-corrected chi connectivity index (χ1v) is 8.31. The van der Waals surface area contributed by atoms with E-state index in [-0.39, 0.29) is 23.4 Å². The Morgan fingerprint density at radius 1 is 1.04 bits per heavy atom. The van der Waals surface area contributed by atoms with Crippen molar-refractivity contribution in [2.45, 2.75) is 40.7 Å². The van der Waals surface area contributed by atoms with Gasteiger partial charge in [-0.1, -0.05) is 18.2 Å². The maximum absolute atomic E-state index is 12.1. The second-order valence-electron chi connectivity index (χ2n) is 6.68. The van der Waals surface area contributed by atoms with Gasteiger partial charge in [-0.25, -0.2) is 0 Å². The maximum atomic E-state index is 12.1. The smallest absolute Gasteiger partial charge is 0.247 e. The van der Waals surface area contributed by atoms with Crippen LogP contribution in [0.3, 0.4) is 0 Å². The van der Waals surface area contributed by atoms with Crippen molar-refractivity contribution in [3.05, 3.63) is 52.6 Å². The van der Waals surface area contributed by atoms with Crippen LogP contribution in [0.5, 0.6) is 11.5 Å². The summed E-state index contributed by atoms with van der Waals surface area (Å²) >= 11 is 0. The van der Waals surface area contributed by atoms with Crippen LogP contribution in [0.2, 0.25) is 0 Å². The molecule has 0 fully saturated rings. The number of aryl methyl sites for hydroxylation is 2. The van der Waals surface area contributed by atoms with Gasteiger partial charge in [0.1, 0.15) is 0 Å². The topological polar surface area (TPSA) is 69.6 Å². The van der Waals surface area contributed by atoms with Crippen molar-refractivity contribution in [1.82, 2.24) is 5.32 Å². The van der Waals surface area contributed by atoms with Crippen LogP contribution in [0, 0.1) is 13.8 Å². The highest BCUT2D eigenvalue weighted by Gasteiger charge is 2.10. The molecule has 0 saturated carbocycles. The summed E-state index contributed by atoms with van der Waals surface area (Å²) in [7, 11) is 0. The van der Waals surface area contributed by atoms with Gasteiger partial charge in [-0.05, 0) is 80.6 Å². The molecule has 0 spiro atoms. The fourth-order valence-corrected chi connectivity index (χ4v) is 2.67. The fraction of sp³-hybridized carbons (Fsp3) is 0.286. The van der Waals surface area contributed by atoms with E-state index in [1.54, 1.807) is 19.1 Å². The molecule has 2 aromatic carbocycles. The number of aromatic hydroxyl groups is 2. The first-order chi connectivity index (χ1) is 11.7. The summed E-state index contributed by atoms with van der Waals surface area (Å²) in [5.41, 5.74) is 5.52. The van der Waals surface area contributed by atoms with Gasteiger partial charge in [-0.2, -0.15) is 0 Å². The number of phenolic OH excluding ortho intramolecular Hbond substituents is 2. The number of hydrogen-bond donors (Lipinski definition) is 3. The molecule has 0 aliphatic carbocycles. The van der Waals surface area contributed by atoms with Crippen molar-refractivity contribution in [2.75, 3.05) is 0 Å². The maximum Gasteiger partial charge on any atom is 0.247 e. The monoisotopic (exact) mass is 339 g/mol. The van der Waals surface area contributed by atoms with Gasteiger partial charge >= 0.3 is 0 Å². The number of phenols is 2.